The molecule has 0 saturated carbocycles. The van der Waals surface area contributed by atoms with Crippen LogP contribution in [0.25, 0.3) is 0 Å². The third-order valence-electron chi connectivity index (χ3n) is 2.08. The zero-order valence-electron chi connectivity index (χ0n) is 8.44. The standard InChI is InChI=1S/C11H7Cl2FINO/c12-8-3-6(4-9(13)11(8)14)16-5-7-1-2-10(15)17-7/h1-4,16H,5H2. The highest BCUT2D eigenvalue weighted by molar-refractivity contribution is 14.1. The average molecular weight is 386 g/mol. The third-order valence-corrected chi connectivity index (χ3v) is 3.21. The van der Waals surface area contributed by atoms with E-state index < -0.39 is 5.82 Å². The number of benzene rings is 1. The fourth-order valence-electron chi connectivity index (χ4n) is 1.29. The number of rotatable bonds is 3. The van der Waals surface area contributed by atoms with E-state index in [1.54, 1.807) is 0 Å². The maximum atomic E-state index is 13.2. The largest absolute Gasteiger partial charge is 0.454 e. The van der Waals surface area contributed by atoms with Crippen LogP contribution in [0.15, 0.2) is 28.7 Å². The Hall–Kier alpha value is -0.460. The number of halogens is 4. The third kappa shape index (κ3) is 3.26. The van der Waals surface area contributed by atoms with E-state index in [4.69, 9.17) is 27.6 Å². The van der Waals surface area contributed by atoms with Crippen LogP contribution in [-0.4, -0.2) is 0 Å². The van der Waals surface area contributed by atoms with Crippen molar-refractivity contribution in [2.24, 2.45) is 0 Å². The molecule has 1 heterocycles. The van der Waals surface area contributed by atoms with E-state index in [0.29, 0.717) is 12.2 Å². The monoisotopic (exact) mass is 385 g/mol. The summed E-state index contributed by atoms with van der Waals surface area (Å²) >= 11 is 13.4. The number of furan rings is 1. The fourth-order valence-corrected chi connectivity index (χ4v) is 2.24. The van der Waals surface area contributed by atoms with E-state index >= 15 is 0 Å². The van der Waals surface area contributed by atoms with E-state index in [2.05, 4.69) is 27.9 Å². The van der Waals surface area contributed by atoms with Crippen LogP contribution in [0.1, 0.15) is 5.76 Å². The Bertz CT molecular complexity index is 521. The summed E-state index contributed by atoms with van der Waals surface area (Å²) in [5.41, 5.74) is 0.646. The Balaban J connectivity index is 2.09. The summed E-state index contributed by atoms with van der Waals surface area (Å²) in [7, 11) is 0. The molecular weight excluding hydrogens is 379 g/mol. The fraction of sp³-hybridized carbons (Fsp3) is 0.0909. The van der Waals surface area contributed by atoms with Crippen LogP contribution >= 0.6 is 45.8 Å². The molecule has 2 rings (SSSR count). The highest BCUT2D eigenvalue weighted by Gasteiger charge is 2.07. The van der Waals surface area contributed by atoms with Crippen molar-refractivity contribution in [3.8, 4) is 0 Å². The van der Waals surface area contributed by atoms with Gasteiger partial charge in [0.1, 0.15) is 5.76 Å². The van der Waals surface area contributed by atoms with E-state index in [0.717, 1.165) is 9.53 Å². The molecular formula is C11H7Cl2FINO. The lowest BCUT2D eigenvalue weighted by atomic mass is 10.3. The van der Waals surface area contributed by atoms with Gasteiger partial charge in [-0.15, -0.1) is 0 Å². The van der Waals surface area contributed by atoms with Gasteiger partial charge in [-0.1, -0.05) is 23.2 Å². The second kappa shape index (κ2) is 5.46. The van der Waals surface area contributed by atoms with Crippen molar-refractivity contribution in [1.29, 1.82) is 0 Å². The summed E-state index contributed by atoms with van der Waals surface area (Å²) in [4.78, 5) is 0. The summed E-state index contributed by atoms with van der Waals surface area (Å²) in [5.74, 6) is 0.178. The Morgan fingerprint density at radius 1 is 1.24 bits per heavy atom. The molecule has 0 atom stereocenters. The molecule has 2 nitrogen and oxygen atoms in total. The van der Waals surface area contributed by atoms with Gasteiger partial charge >= 0.3 is 0 Å². The van der Waals surface area contributed by atoms with E-state index in [1.807, 2.05) is 12.1 Å². The van der Waals surface area contributed by atoms with Gasteiger partial charge in [-0.3, -0.25) is 0 Å². The first-order chi connectivity index (χ1) is 8.06. The van der Waals surface area contributed by atoms with Crippen LogP contribution in [0.4, 0.5) is 10.1 Å². The molecule has 0 aliphatic heterocycles. The highest BCUT2D eigenvalue weighted by Crippen LogP contribution is 2.27. The molecule has 1 N–H and O–H groups in total. The Kier molecular flexibility index (Phi) is 4.17. The molecule has 0 bridgehead atoms. The number of anilines is 1. The first-order valence-corrected chi connectivity index (χ1v) is 6.52. The van der Waals surface area contributed by atoms with Crippen LogP contribution in [0.3, 0.4) is 0 Å². The number of hydrogen-bond acceptors (Lipinski definition) is 2. The smallest absolute Gasteiger partial charge is 0.164 e. The summed E-state index contributed by atoms with van der Waals surface area (Å²) in [6.45, 7) is 0.487. The van der Waals surface area contributed by atoms with Crippen molar-refractivity contribution in [3.63, 3.8) is 0 Å². The predicted octanol–water partition coefficient (Wildman–Crippen LogP) is 4.94. The highest BCUT2D eigenvalue weighted by atomic mass is 127. The zero-order valence-corrected chi connectivity index (χ0v) is 12.1. The van der Waals surface area contributed by atoms with Crippen LogP contribution in [0.5, 0.6) is 0 Å². The Labute approximate surface area is 121 Å². The molecule has 0 fully saturated rings. The van der Waals surface area contributed by atoms with Crippen LogP contribution in [0.2, 0.25) is 10.0 Å². The van der Waals surface area contributed by atoms with Crippen molar-refractivity contribution in [3.05, 3.63) is 49.7 Å². The molecule has 90 valence electrons. The summed E-state index contributed by atoms with van der Waals surface area (Å²) < 4.78 is 19.4. The molecule has 0 saturated heterocycles. The van der Waals surface area contributed by atoms with Crippen LogP contribution < -0.4 is 5.32 Å². The molecule has 0 radical (unpaired) electrons. The van der Waals surface area contributed by atoms with Gasteiger partial charge in [-0.25, -0.2) is 4.39 Å². The van der Waals surface area contributed by atoms with Crippen molar-refractivity contribution in [2.45, 2.75) is 6.54 Å². The first-order valence-electron chi connectivity index (χ1n) is 4.69. The zero-order chi connectivity index (χ0) is 12.4. The molecule has 0 spiro atoms. The maximum absolute atomic E-state index is 13.2. The molecule has 0 amide bonds. The topological polar surface area (TPSA) is 25.2 Å². The molecule has 17 heavy (non-hydrogen) atoms. The molecule has 0 unspecified atom stereocenters. The Morgan fingerprint density at radius 3 is 2.41 bits per heavy atom. The quantitative estimate of drug-likeness (QED) is 0.597. The Morgan fingerprint density at radius 2 is 1.88 bits per heavy atom. The number of nitrogens with one attached hydrogen (secondary N) is 1. The molecule has 2 aromatic rings. The predicted molar refractivity (Wildman–Crippen MR) is 75.2 cm³/mol. The van der Waals surface area contributed by atoms with Gasteiger partial charge < -0.3 is 9.73 Å². The van der Waals surface area contributed by atoms with Gasteiger partial charge in [0.15, 0.2) is 9.58 Å². The molecule has 1 aromatic heterocycles. The lowest BCUT2D eigenvalue weighted by Gasteiger charge is -2.06. The van der Waals surface area contributed by atoms with Gasteiger partial charge in [-0.05, 0) is 46.9 Å². The molecule has 0 aliphatic rings. The first kappa shape index (κ1) is 13.0. The van der Waals surface area contributed by atoms with Gasteiger partial charge in [-0.2, -0.15) is 0 Å². The van der Waals surface area contributed by atoms with E-state index in [9.17, 15) is 4.39 Å². The lowest BCUT2D eigenvalue weighted by molar-refractivity contribution is 0.493. The normalized spacial score (nSPS) is 10.6. The van der Waals surface area contributed by atoms with Crippen LogP contribution in [0, 0.1) is 9.58 Å². The van der Waals surface area contributed by atoms with Gasteiger partial charge in [0, 0.05) is 5.69 Å². The minimum atomic E-state index is -0.605. The average Bonchev–Trinajstić information content (AvgIpc) is 2.69. The summed E-state index contributed by atoms with van der Waals surface area (Å²) in [5, 5.41) is 3.04. The minimum absolute atomic E-state index is 0.00553. The molecule has 6 heteroatoms. The van der Waals surface area contributed by atoms with E-state index in [-0.39, 0.29) is 10.0 Å². The number of hydrogen-bond donors (Lipinski definition) is 1. The van der Waals surface area contributed by atoms with E-state index in [1.165, 1.54) is 12.1 Å². The van der Waals surface area contributed by atoms with Crippen molar-refractivity contribution in [2.75, 3.05) is 5.32 Å². The second-order valence-corrected chi connectivity index (χ2v) is 5.19. The SMILES string of the molecule is Fc1c(Cl)cc(NCc2ccc(I)o2)cc1Cl. The van der Waals surface area contributed by atoms with Crippen molar-refractivity contribution >= 4 is 51.5 Å². The van der Waals surface area contributed by atoms with Gasteiger partial charge in [0.2, 0.25) is 0 Å². The summed E-state index contributed by atoms with van der Waals surface area (Å²) in [6.07, 6.45) is 0. The van der Waals surface area contributed by atoms with Gasteiger partial charge in [0.05, 0.1) is 16.6 Å². The summed E-state index contributed by atoms with van der Waals surface area (Å²) in [6, 6.07) is 6.69. The van der Waals surface area contributed by atoms with Crippen LogP contribution in [-0.2, 0) is 6.54 Å². The van der Waals surface area contributed by atoms with Crippen molar-refractivity contribution < 1.29 is 8.81 Å². The molecule has 0 aliphatic carbocycles. The van der Waals surface area contributed by atoms with Crippen molar-refractivity contribution in [1.82, 2.24) is 0 Å². The molecule has 1 aromatic carbocycles. The second-order valence-electron chi connectivity index (χ2n) is 3.31. The van der Waals surface area contributed by atoms with Gasteiger partial charge in [0.25, 0.3) is 0 Å². The lowest BCUT2D eigenvalue weighted by Crippen LogP contribution is -1.98. The maximum Gasteiger partial charge on any atom is 0.164 e. The minimum Gasteiger partial charge on any atom is -0.454 e.